The molecule has 2 nitrogen and oxygen atoms in total. The van der Waals surface area contributed by atoms with Crippen molar-refractivity contribution >= 4 is 27.5 Å². The van der Waals surface area contributed by atoms with Crippen molar-refractivity contribution in [3.8, 4) is 0 Å². The molecule has 0 radical (unpaired) electrons. The number of fused-ring (bicyclic) bond motifs is 3. The fourth-order valence-corrected chi connectivity index (χ4v) is 3.43. The van der Waals surface area contributed by atoms with Crippen LogP contribution in [0.1, 0.15) is 12.5 Å². The van der Waals surface area contributed by atoms with Crippen molar-refractivity contribution in [2.24, 2.45) is 0 Å². The van der Waals surface area contributed by atoms with Crippen LogP contribution in [-0.2, 0) is 13.1 Å². The van der Waals surface area contributed by atoms with Crippen LogP contribution < -0.4 is 5.32 Å². The van der Waals surface area contributed by atoms with Gasteiger partial charge in [0.25, 0.3) is 0 Å². The van der Waals surface area contributed by atoms with Gasteiger partial charge in [0.1, 0.15) is 5.82 Å². The Morgan fingerprint density at radius 1 is 0.846 bits per heavy atom. The quantitative estimate of drug-likeness (QED) is 0.455. The second-order valence-corrected chi connectivity index (χ2v) is 6.17. The molecule has 1 aromatic heterocycles. The normalized spacial score (nSPS) is 11.4. The second kappa shape index (κ2) is 6.41. The van der Waals surface area contributed by atoms with Crippen LogP contribution in [0.5, 0.6) is 0 Å². The van der Waals surface area contributed by atoms with Gasteiger partial charge < -0.3 is 9.88 Å². The van der Waals surface area contributed by atoms with Gasteiger partial charge in [0.15, 0.2) is 11.6 Å². The molecule has 0 aliphatic heterocycles. The highest BCUT2D eigenvalue weighted by Gasteiger charge is 2.14. The number of aryl methyl sites for hydroxylation is 1. The molecule has 0 atom stereocenters. The van der Waals surface area contributed by atoms with Crippen LogP contribution in [0, 0.1) is 17.5 Å². The molecule has 1 heterocycles. The number of halogens is 3. The minimum Gasteiger partial charge on any atom is -0.381 e. The topological polar surface area (TPSA) is 17.0 Å². The van der Waals surface area contributed by atoms with E-state index in [1.54, 1.807) is 0 Å². The average Bonchev–Trinajstić information content (AvgIpc) is 2.98. The summed E-state index contributed by atoms with van der Waals surface area (Å²) in [5, 5.41) is 5.18. The molecule has 0 bridgehead atoms. The first-order chi connectivity index (χ1) is 12.6. The lowest BCUT2D eigenvalue weighted by Gasteiger charge is -2.10. The zero-order valence-corrected chi connectivity index (χ0v) is 14.2. The Balaban J connectivity index is 1.73. The van der Waals surface area contributed by atoms with Gasteiger partial charge in [-0.05, 0) is 43.3 Å². The summed E-state index contributed by atoms with van der Waals surface area (Å²) in [6, 6.07) is 15.7. The van der Waals surface area contributed by atoms with Gasteiger partial charge in [-0.2, -0.15) is 0 Å². The molecule has 0 amide bonds. The summed E-state index contributed by atoms with van der Waals surface area (Å²) in [5.41, 5.74) is 2.66. The molecular weight excluding hydrogens is 337 g/mol. The molecule has 4 rings (SSSR count). The molecule has 0 spiro atoms. The zero-order valence-electron chi connectivity index (χ0n) is 14.2. The highest BCUT2D eigenvalue weighted by molar-refractivity contribution is 6.09. The summed E-state index contributed by atoms with van der Waals surface area (Å²) < 4.78 is 43.2. The highest BCUT2D eigenvalue weighted by Crippen LogP contribution is 2.31. The van der Waals surface area contributed by atoms with E-state index in [0.29, 0.717) is 0 Å². The number of rotatable bonds is 4. The van der Waals surface area contributed by atoms with Crippen molar-refractivity contribution in [3.63, 3.8) is 0 Å². The molecule has 0 unspecified atom stereocenters. The predicted octanol–water partition coefficient (Wildman–Crippen LogP) is 5.84. The van der Waals surface area contributed by atoms with Crippen LogP contribution in [0.4, 0.5) is 18.9 Å². The van der Waals surface area contributed by atoms with Crippen molar-refractivity contribution in [1.29, 1.82) is 0 Å². The number of hydrogen-bond donors (Lipinski definition) is 1. The van der Waals surface area contributed by atoms with Crippen LogP contribution in [0.25, 0.3) is 21.8 Å². The summed E-state index contributed by atoms with van der Waals surface area (Å²) in [6.07, 6.45) is 0. The van der Waals surface area contributed by atoms with E-state index in [1.807, 2.05) is 30.3 Å². The van der Waals surface area contributed by atoms with Crippen molar-refractivity contribution in [1.82, 2.24) is 4.57 Å². The first-order valence-electron chi connectivity index (χ1n) is 8.47. The van der Waals surface area contributed by atoms with Gasteiger partial charge in [0.2, 0.25) is 0 Å². The predicted molar refractivity (Wildman–Crippen MR) is 98.8 cm³/mol. The third-order valence-corrected chi connectivity index (χ3v) is 4.70. The highest BCUT2D eigenvalue weighted by atomic mass is 19.2. The molecule has 132 valence electrons. The first-order valence-corrected chi connectivity index (χ1v) is 8.47. The van der Waals surface area contributed by atoms with E-state index in [2.05, 4.69) is 28.9 Å². The van der Waals surface area contributed by atoms with Crippen molar-refractivity contribution in [2.75, 3.05) is 5.32 Å². The third-order valence-electron chi connectivity index (χ3n) is 4.70. The van der Waals surface area contributed by atoms with Crippen LogP contribution >= 0.6 is 0 Å². The van der Waals surface area contributed by atoms with Gasteiger partial charge >= 0.3 is 0 Å². The Labute approximate surface area is 148 Å². The minimum absolute atomic E-state index is 0.132. The molecule has 26 heavy (non-hydrogen) atoms. The van der Waals surface area contributed by atoms with E-state index >= 15 is 0 Å². The Morgan fingerprint density at radius 3 is 2.38 bits per heavy atom. The fraction of sp³-hybridized carbons (Fsp3) is 0.143. The maximum absolute atomic E-state index is 13.8. The van der Waals surface area contributed by atoms with Crippen LogP contribution in [0.3, 0.4) is 0 Å². The summed E-state index contributed by atoms with van der Waals surface area (Å²) >= 11 is 0. The van der Waals surface area contributed by atoms with Crippen molar-refractivity contribution in [3.05, 3.63) is 77.6 Å². The number of hydrogen-bond acceptors (Lipinski definition) is 1. The lowest BCUT2D eigenvalue weighted by Crippen LogP contribution is -2.06. The van der Waals surface area contributed by atoms with Gasteiger partial charge in [-0.1, -0.05) is 18.2 Å². The van der Waals surface area contributed by atoms with E-state index < -0.39 is 17.5 Å². The Hall–Kier alpha value is -2.95. The monoisotopic (exact) mass is 354 g/mol. The number of nitrogens with zero attached hydrogens (tertiary/aromatic N) is 1. The number of aromatic nitrogens is 1. The Morgan fingerprint density at radius 2 is 1.58 bits per heavy atom. The molecule has 0 aliphatic rings. The van der Waals surface area contributed by atoms with Crippen molar-refractivity contribution < 1.29 is 13.2 Å². The van der Waals surface area contributed by atoms with Crippen LogP contribution in [0.15, 0.2) is 54.6 Å². The van der Waals surface area contributed by atoms with Gasteiger partial charge in [0.05, 0.1) is 0 Å². The SMILES string of the molecule is CCn1c2ccccc2c2cc(NCc3c(F)ccc(F)c3F)ccc21. The lowest BCUT2D eigenvalue weighted by molar-refractivity contribution is 0.482. The summed E-state index contributed by atoms with van der Waals surface area (Å²) in [4.78, 5) is 0. The molecule has 0 saturated carbocycles. The van der Waals surface area contributed by atoms with E-state index in [-0.39, 0.29) is 12.1 Å². The first kappa shape index (κ1) is 16.5. The number of para-hydroxylation sites is 1. The molecule has 0 aliphatic carbocycles. The molecular formula is C21H17F3N2. The molecule has 5 heteroatoms. The molecule has 0 saturated heterocycles. The maximum atomic E-state index is 13.8. The standard InChI is InChI=1S/C21H17F3N2/c1-2-26-19-6-4-3-5-14(19)15-11-13(7-10-20(15)26)25-12-16-17(22)8-9-18(23)21(16)24/h3-11,25H,2,12H2,1H3. The maximum Gasteiger partial charge on any atom is 0.166 e. The second-order valence-electron chi connectivity index (χ2n) is 6.17. The summed E-state index contributed by atoms with van der Waals surface area (Å²) in [7, 11) is 0. The molecule has 0 fully saturated rings. The van der Waals surface area contributed by atoms with Gasteiger partial charge in [-0.25, -0.2) is 13.2 Å². The molecule has 4 aromatic rings. The van der Waals surface area contributed by atoms with Gasteiger partial charge in [0, 0.05) is 46.1 Å². The fourth-order valence-electron chi connectivity index (χ4n) is 3.43. The summed E-state index contributed by atoms with van der Waals surface area (Å²) in [6.45, 7) is 2.80. The molecule has 3 aromatic carbocycles. The van der Waals surface area contributed by atoms with Crippen LogP contribution in [0.2, 0.25) is 0 Å². The zero-order chi connectivity index (χ0) is 18.3. The third kappa shape index (κ3) is 2.60. The number of nitrogens with one attached hydrogen (secondary N) is 1. The Bertz CT molecular complexity index is 1120. The lowest BCUT2D eigenvalue weighted by atomic mass is 10.1. The van der Waals surface area contributed by atoms with E-state index in [0.717, 1.165) is 46.2 Å². The smallest absolute Gasteiger partial charge is 0.166 e. The Kier molecular flexibility index (Phi) is 4.07. The van der Waals surface area contributed by atoms with Gasteiger partial charge in [-0.15, -0.1) is 0 Å². The summed E-state index contributed by atoms with van der Waals surface area (Å²) in [5.74, 6) is -2.97. The van der Waals surface area contributed by atoms with Crippen molar-refractivity contribution in [2.45, 2.75) is 20.0 Å². The van der Waals surface area contributed by atoms with E-state index in [1.165, 1.54) is 0 Å². The van der Waals surface area contributed by atoms with Crippen LogP contribution in [-0.4, -0.2) is 4.57 Å². The van der Waals surface area contributed by atoms with E-state index in [9.17, 15) is 13.2 Å². The molecule has 1 N–H and O–H groups in total. The number of anilines is 1. The number of benzene rings is 3. The largest absolute Gasteiger partial charge is 0.381 e. The minimum atomic E-state index is -1.15. The average molecular weight is 354 g/mol. The van der Waals surface area contributed by atoms with Gasteiger partial charge in [-0.3, -0.25) is 0 Å². The van der Waals surface area contributed by atoms with E-state index in [4.69, 9.17) is 0 Å².